The maximum absolute atomic E-state index is 12.7. The average molecular weight is 386 g/mol. The van der Waals surface area contributed by atoms with Gasteiger partial charge in [-0.25, -0.2) is 0 Å². The molecule has 0 spiro atoms. The van der Waals surface area contributed by atoms with Crippen molar-refractivity contribution >= 4 is 11.8 Å². The summed E-state index contributed by atoms with van der Waals surface area (Å²) in [6.45, 7) is 7.07. The van der Waals surface area contributed by atoms with Gasteiger partial charge in [-0.1, -0.05) is 37.3 Å². The number of carbonyl (C=O) groups is 2. The maximum Gasteiger partial charge on any atom is 0.222 e. The summed E-state index contributed by atoms with van der Waals surface area (Å²) in [4.78, 5) is 29.0. The summed E-state index contributed by atoms with van der Waals surface area (Å²) in [5, 5.41) is 3.44. The van der Waals surface area contributed by atoms with E-state index in [0.717, 1.165) is 25.9 Å². The maximum atomic E-state index is 12.7. The second-order valence-electron chi connectivity index (χ2n) is 8.39. The van der Waals surface area contributed by atoms with Crippen molar-refractivity contribution in [1.82, 2.24) is 15.1 Å². The molecule has 1 aromatic carbocycles. The molecule has 2 amide bonds. The van der Waals surface area contributed by atoms with E-state index >= 15 is 0 Å². The summed E-state index contributed by atoms with van der Waals surface area (Å²) in [7, 11) is 0. The molecule has 5 heteroatoms. The van der Waals surface area contributed by atoms with Crippen molar-refractivity contribution in [2.24, 2.45) is 11.8 Å². The lowest BCUT2D eigenvalue weighted by Crippen LogP contribution is -2.51. The molecule has 1 N–H and O–H groups in total. The first-order valence-electron chi connectivity index (χ1n) is 10.9. The highest BCUT2D eigenvalue weighted by molar-refractivity contribution is 5.78. The van der Waals surface area contributed by atoms with Gasteiger partial charge in [-0.3, -0.25) is 9.59 Å². The molecule has 2 saturated heterocycles. The zero-order chi connectivity index (χ0) is 19.8. The SMILES string of the molecule is CC(CC(=O)N1CCN(C(=O)CCCc2ccccc2)CC1)C1CCCNC1. The van der Waals surface area contributed by atoms with Crippen LogP contribution in [0.1, 0.15) is 44.6 Å². The Balaban J connectivity index is 1.35. The number of nitrogens with one attached hydrogen (secondary N) is 1. The number of rotatable bonds is 7. The van der Waals surface area contributed by atoms with Crippen molar-refractivity contribution in [3.8, 4) is 0 Å². The Kier molecular flexibility index (Phi) is 7.90. The number of hydrogen-bond acceptors (Lipinski definition) is 3. The number of carbonyl (C=O) groups excluding carboxylic acids is 2. The van der Waals surface area contributed by atoms with Crippen LogP contribution >= 0.6 is 0 Å². The first-order valence-corrected chi connectivity index (χ1v) is 10.9. The molecule has 0 aromatic heterocycles. The standard InChI is InChI=1S/C23H35N3O2/c1-19(21-10-6-12-24-18-21)17-23(28)26-15-13-25(14-16-26)22(27)11-5-9-20-7-3-2-4-8-20/h2-4,7-8,19,21,24H,5-6,9-18H2,1H3. The van der Waals surface area contributed by atoms with E-state index in [1.165, 1.54) is 18.4 Å². The Hall–Kier alpha value is -1.88. The molecule has 1 aromatic rings. The fraction of sp³-hybridized carbons (Fsp3) is 0.652. The highest BCUT2D eigenvalue weighted by atomic mass is 16.2. The molecule has 2 fully saturated rings. The first kappa shape index (κ1) is 20.8. The third-order valence-corrected chi connectivity index (χ3v) is 6.32. The zero-order valence-corrected chi connectivity index (χ0v) is 17.2. The number of benzene rings is 1. The van der Waals surface area contributed by atoms with Crippen molar-refractivity contribution in [3.63, 3.8) is 0 Å². The van der Waals surface area contributed by atoms with Crippen LogP contribution in [-0.4, -0.2) is 60.9 Å². The molecule has 2 aliphatic heterocycles. The Morgan fingerprint density at radius 1 is 1.07 bits per heavy atom. The summed E-state index contributed by atoms with van der Waals surface area (Å²) in [6.07, 6.45) is 5.50. The Labute approximate surface area is 169 Å². The van der Waals surface area contributed by atoms with E-state index < -0.39 is 0 Å². The molecular formula is C23H35N3O2. The summed E-state index contributed by atoms with van der Waals surface area (Å²) in [5.41, 5.74) is 1.29. The predicted octanol–water partition coefficient (Wildman–Crippen LogP) is 2.71. The molecule has 3 rings (SSSR count). The quantitative estimate of drug-likeness (QED) is 0.785. The van der Waals surface area contributed by atoms with Gasteiger partial charge in [0.05, 0.1) is 0 Å². The summed E-state index contributed by atoms with van der Waals surface area (Å²) >= 11 is 0. The van der Waals surface area contributed by atoms with Crippen LogP contribution in [0, 0.1) is 11.8 Å². The lowest BCUT2D eigenvalue weighted by molar-refractivity contribution is -0.140. The fourth-order valence-corrected chi connectivity index (χ4v) is 4.39. The number of nitrogens with zero attached hydrogens (tertiary/aromatic N) is 2. The molecule has 5 nitrogen and oxygen atoms in total. The molecule has 2 aliphatic rings. The van der Waals surface area contributed by atoms with Gasteiger partial charge in [-0.2, -0.15) is 0 Å². The zero-order valence-electron chi connectivity index (χ0n) is 17.2. The summed E-state index contributed by atoms with van der Waals surface area (Å²) in [5.74, 6) is 1.53. The van der Waals surface area contributed by atoms with Crippen molar-refractivity contribution in [1.29, 1.82) is 0 Å². The highest BCUT2D eigenvalue weighted by Crippen LogP contribution is 2.23. The van der Waals surface area contributed by atoms with Crippen molar-refractivity contribution in [2.45, 2.75) is 45.4 Å². The molecule has 2 unspecified atom stereocenters. The van der Waals surface area contributed by atoms with Crippen LogP contribution in [0.4, 0.5) is 0 Å². The van der Waals surface area contributed by atoms with Gasteiger partial charge in [-0.15, -0.1) is 0 Å². The van der Waals surface area contributed by atoms with Crippen LogP contribution in [0.15, 0.2) is 30.3 Å². The van der Waals surface area contributed by atoms with E-state index in [2.05, 4.69) is 24.4 Å². The topological polar surface area (TPSA) is 52.7 Å². The minimum atomic E-state index is 0.227. The molecular weight excluding hydrogens is 350 g/mol. The molecule has 28 heavy (non-hydrogen) atoms. The van der Waals surface area contributed by atoms with Crippen molar-refractivity contribution in [3.05, 3.63) is 35.9 Å². The first-order chi connectivity index (χ1) is 13.6. The van der Waals surface area contributed by atoms with Crippen LogP contribution in [-0.2, 0) is 16.0 Å². The van der Waals surface area contributed by atoms with Crippen LogP contribution in [0.3, 0.4) is 0 Å². The van der Waals surface area contributed by atoms with Gasteiger partial charge >= 0.3 is 0 Å². The Bertz CT molecular complexity index is 620. The molecule has 2 atom stereocenters. The van der Waals surface area contributed by atoms with Crippen LogP contribution in [0.5, 0.6) is 0 Å². The van der Waals surface area contributed by atoms with E-state index in [4.69, 9.17) is 0 Å². The number of amides is 2. The second-order valence-corrected chi connectivity index (χ2v) is 8.39. The minimum Gasteiger partial charge on any atom is -0.339 e. The molecule has 0 radical (unpaired) electrons. The summed E-state index contributed by atoms with van der Waals surface area (Å²) < 4.78 is 0. The number of piperidine rings is 1. The van der Waals surface area contributed by atoms with E-state index in [9.17, 15) is 9.59 Å². The normalized spacial score (nSPS) is 21.4. The van der Waals surface area contributed by atoms with Gasteiger partial charge in [0.15, 0.2) is 0 Å². The molecule has 154 valence electrons. The molecule has 0 aliphatic carbocycles. The monoisotopic (exact) mass is 385 g/mol. The third kappa shape index (κ3) is 6.06. The number of aryl methyl sites for hydroxylation is 1. The van der Waals surface area contributed by atoms with E-state index in [-0.39, 0.29) is 11.8 Å². The van der Waals surface area contributed by atoms with Gasteiger partial charge in [0.1, 0.15) is 0 Å². The second kappa shape index (κ2) is 10.6. The fourth-order valence-electron chi connectivity index (χ4n) is 4.39. The van der Waals surface area contributed by atoms with E-state index in [1.54, 1.807) is 0 Å². The largest absolute Gasteiger partial charge is 0.339 e. The molecule has 0 saturated carbocycles. The van der Waals surface area contributed by atoms with Gasteiger partial charge in [0.25, 0.3) is 0 Å². The van der Waals surface area contributed by atoms with Gasteiger partial charge in [0.2, 0.25) is 11.8 Å². The highest BCUT2D eigenvalue weighted by Gasteiger charge is 2.27. The average Bonchev–Trinajstić information content (AvgIpc) is 2.75. The molecule has 0 bridgehead atoms. The lowest BCUT2D eigenvalue weighted by Gasteiger charge is -2.36. The molecule has 2 heterocycles. The smallest absolute Gasteiger partial charge is 0.222 e. The van der Waals surface area contributed by atoms with E-state index in [1.807, 2.05) is 28.0 Å². The van der Waals surface area contributed by atoms with Gasteiger partial charge in [-0.05, 0) is 56.2 Å². The van der Waals surface area contributed by atoms with Gasteiger partial charge in [0, 0.05) is 39.0 Å². The van der Waals surface area contributed by atoms with Crippen molar-refractivity contribution < 1.29 is 9.59 Å². The predicted molar refractivity (Wildman–Crippen MR) is 112 cm³/mol. The van der Waals surface area contributed by atoms with Gasteiger partial charge < -0.3 is 15.1 Å². The van der Waals surface area contributed by atoms with Crippen LogP contribution in [0.25, 0.3) is 0 Å². The Morgan fingerprint density at radius 2 is 1.75 bits per heavy atom. The summed E-state index contributed by atoms with van der Waals surface area (Å²) in [6, 6.07) is 10.3. The number of piperazine rings is 1. The van der Waals surface area contributed by atoms with Crippen LogP contribution in [0.2, 0.25) is 0 Å². The minimum absolute atomic E-state index is 0.227. The third-order valence-electron chi connectivity index (χ3n) is 6.32. The Morgan fingerprint density at radius 3 is 2.39 bits per heavy atom. The van der Waals surface area contributed by atoms with Crippen molar-refractivity contribution in [2.75, 3.05) is 39.3 Å². The lowest BCUT2D eigenvalue weighted by atomic mass is 9.85. The van der Waals surface area contributed by atoms with Crippen LogP contribution < -0.4 is 5.32 Å². The van der Waals surface area contributed by atoms with E-state index in [0.29, 0.717) is 50.9 Å². The number of hydrogen-bond donors (Lipinski definition) is 1.